The lowest BCUT2D eigenvalue weighted by atomic mass is 10.0. The Balaban J connectivity index is 1.67. The average molecular weight is 567 g/mol. The smallest absolute Gasteiger partial charge is 0.173 e. The molecule has 40 heavy (non-hydrogen) atoms. The van der Waals surface area contributed by atoms with E-state index in [9.17, 15) is 13.2 Å². The van der Waals surface area contributed by atoms with Crippen molar-refractivity contribution < 1.29 is 22.6 Å². The van der Waals surface area contributed by atoms with Gasteiger partial charge in [0.05, 0.1) is 38.7 Å². The molecule has 0 spiro atoms. The standard InChI is InChI=1S/C30H29F3N4O2S/c1-36(2)13-5-6-19-14-24(32)23(25(33)15-19)18-40-30-35-17-26(37(30)22-10-8-21(31)9-11-22)29(34)20-7-12-27(38-3)28(16-20)39-4/h7-12,14-17,29H,13,18,34H2,1-4H3. The number of nitrogens with zero attached hydrogens (tertiary/aromatic N) is 3. The van der Waals surface area contributed by atoms with Crippen LogP contribution in [0, 0.1) is 29.3 Å². The van der Waals surface area contributed by atoms with Gasteiger partial charge in [-0.15, -0.1) is 0 Å². The van der Waals surface area contributed by atoms with E-state index in [4.69, 9.17) is 15.2 Å². The van der Waals surface area contributed by atoms with Crippen molar-refractivity contribution in [2.45, 2.75) is 17.0 Å². The molecule has 1 heterocycles. The van der Waals surface area contributed by atoms with E-state index >= 15 is 0 Å². The zero-order chi connectivity index (χ0) is 28.8. The summed E-state index contributed by atoms with van der Waals surface area (Å²) in [5.74, 6) is 4.91. The molecule has 0 amide bonds. The van der Waals surface area contributed by atoms with E-state index in [0.29, 0.717) is 34.6 Å². The summed E-state index contributed by atoms with van der Waals surface area (Å²) in [5, 5.41) is 0.436. The fraction of sp³-hybridized carbons (Fsp3) is 0.233. The molecule has 4 aromatic rings. The number of imidazole rings is 1. The van der Waals surface area contributed by atoms with Crippen LogP contribution in [0.5, 0.6) is 11.5 Å². The summed E-state index contributed by atoms with van der Waals surface area (Å²) >= 11 is 1.14. The first-order valence-corrected chi connectivity index (χ1v) is 13.3. The highest BCUT2D eigenvalue weighted by Gasteiger charge is 2.22. The molecule has 0 saturated carbocycles. The number of rotatable bonds is 9. The van der Waals surface area contributed by atoms with Crippen LogP contribution in [-0.2, 0) is 5.75 Å². The first-order chi connectivity index (χ1) is 19.2. The van der Waals surface area contributed by atoms with Gasteiger partial charge in [-0.2, -0.15) is 0 Å². The minimum atomic E-state index is -0.691. The molecule has 1 unspecified atom stereocenters. The lowest BCUT2D eigenvalue weighted by molar-refractivity contribution is 0.354. The van der Waals surface area contributed by atoms with Crippen LogP contribution >= 0.6 is 11.8 Å². The number of hydrogen-bond acceptors (Lipinski definition) is 6. The van der Waals surface area contributed by atoms with Crippen molar-refractivity contribution in [1.82, 2.24) is 14.5 Å². The van der Waals surface area contributed by atoms with Gasteiger partial charge in [-0.1, -0.05) is 29.7 Å². The third-order valence-corrected chi connectivity index (χ3v) is 7.02. The summed E-state index contributed by atoms with van der Waals surface area (Å²) in [5.41, 5.74) is 8.75. The molecule has 1 aromatic heterocycles. The number of benzene rings is 3. The third-order valence-electron chi connectivity index (χ3n) is 6.04. The van der Waals surface area contributed by atoms with Crippen molar-refractivity contribution in [3.63, 3.8) is 0 Å². The lowest BCUT2D eigenvalue weighted by Gasteiger charge is -2.18. The van der Waals surface area contributed by atoms with Crippen LogP contribution in [0.3, 0.4) is 0 Å². The number of methoxy groups -OCH3 is 2. The summed E-state index contributed by atoms with van der Waals surface area (Å²) < 4.78 is 56.1. The molecule has 208 valence electrons. The number of halogens is 3. The SMILES string of the molecule is COc1ccc(C(N)c2cnc(SCc3c(F)cc(C#CCN(C)C)cc3F)n2-c2ccc(F)cc2)cc1OC. The van der Waals surface area contributed by atoms with Gasteiger partial charge < -0.3 is 15.2 Å². The highest BCUT2D eigenvalue weighted by molar-refractivity contribution is 7.98. The largest absolute Gasteiger partial charge is 0.493 e. The van der Waals surface area contributed by atoms with Gasteiger partial charge in [-0.25, -0.2) is 18.2 Å². The zero-order valence-corrected chi connectivity index (χ0v) is 23.4. The maximum atomic E-state index is 14.9. The third kappa shape index (κ3) is 6.62. The van der Waals surface area contributed by atoms with Gasteiger partial charge >= 0.3 is 0 Å². The Kier molecular flexibility index (Phi) is 9.42. The highest BCUT2D eigenvalue weighted by Crippen LogP contribution is 2.35. The molecule has 3 aromatic carbocycles. The minimum Gasteiger partial charge on any atom is -0.493 e. The molecule has 0 saturated heterocycles. The molecule has 0 aliphatic carbocycles. The van der Waals surface area contributed by atoms with Crippen molar-refractivity contribution in [1.29, 1.82) is 0 Å². The molecule has 1 atom stereocenters. The van der Waals surface area contributed by atoms with Crippen LogP contribution in [0.25, 0.3) is 5.69 Å². The second-order valence-electron chi connectivity index (χ2n) is 9.12. The molecule has 0 radical (unpaired) electrons. The Hall–Kier alpha value is -3.91. The van der Waals surface area contributed by atoms with Crippen LogP contribution < -0.4 is 15.2 Å². The van der Waals surface area contributed by atoms with Crippen LogP contribution in [0.1, 0.15) is 28.4 Å². The predicted octanol–water partition coefficient (Wildman–Crippen LogP) is 5.56. The number of thioether (sulfide) groups is 1. The second kappa shape index (κ2) is 13.0. The molecule has 4 rings (SSSR count). The Bertz CT molecular complexity index is 1520. The normalized spacial score (nSPS) is 11.7. The topological polar surface area (TPSA) is 65.5 Å². The molecular weight excluding hydrogens is 537 g/mol. The van der Waals surface area contributed by atoms with Crippen molar-refractivity contribution in [2.24, 2.45) is 5.73 Å². The van der Waals surface area contributed by atoms with Crippen molar-refractivity contribution in [2.75, 3.05) is 34.9 Å². The molecular formula is C30H29F3N4O2S. The zero-order valence-electron chi connectivity index (χ0n) is 22.5. The lowest BCUT2D eigenvalue weighted by Crippen LogP contribution is -2.16. The van der Waals surface area contributed by atoms with E-state index < -0.39 is 23.5 Å². The second-order valence-corrected chi connectivity index (χ2v) is 10.1. The average Bonchev–Trinajstić information content (AvgIpc) is 3.35. The fourth-order valence-electron chi connectivity index (χ4n) is 3.98. The van der Waals surface area contributed by atoms with Gasteiger partial charge in [0, 0.05) is 22.6 Å². The molecule has 10 heteroatoms. The maximum Gasteiger partial charge on any atom is 0.173 e. The Labute approximate surface area is 235 Å². The van der Waals surface area contributed by atoms with Gasteiger partial charge in [-0.05, 0) is 68.2 Å². The number of nitrogens with two attached hydrogens (primary N) is 1. The quantitative estimate of drug-likeness (QED) is 0.211. The highest BCUT2D eigenvalue weighted by atomic mass is 32.2. The van der Waals surface area contributed by atoms with E-state index in [1.54, 1.807) is 42.1 Å². The summed E-state index contributed by atoms with van der Waals surface area (Å²) in [6, 6.07) is 13.0. The van der Waals surface area contributed by atoms with Crippen LogP contribution in [0.4, 0.5) is 13.2 Å². The predicted molar refractivity (Wildman–Crippen MR) is 150 cm³/mol. The van der Waals surface area contributed by atoms with Crippen LogP contribution in [-0.4, -0.2) is 49.3 Å². The van der Waals surface area contributed by atoms with E-state index in [0.717, 1.165) is 17.3 Å². The first-order valence-electron chi connectivity index (χ1n) is 12.3. The molecule has 6 nitrogen and oxygen atoms in total. The molecule has 0 aliphatic heterocycles. The molecule has 0 aliphatic rings. The van der Waals surface area contributed by atoms with Crippen LogP contribution in [0.15, 0.2) is 66.0 Å². The Morgan fingerprint density at radius 2 is 1.65 bits per heavy atom. The van der Waals surface area contributed by atoms with Crippen molar-refractivity contribution in [3.8, 4) is 29.0 Å². The van der Waals surface area contributed by atoms with Gasteiger partial charge in [0.1, 0.15) is 17.5 Å². The molecule has 0 bridgehead atoms. The van der Waals surface area contributed by atoms with E-state index in [-0.39, 0.29) is 16.9 Å². The summed E-state index contributed by atoms with van der Waals surface area (Å²) in [7, 11) is 6.80. The number of hydrogen-bond donors (Lipinski definition) is 1. The van der Waals surface area contributed by atoms with Gasteiger partial charge in [0.25, 0.3) is 0 Å². The van der Waals surface area contributed by atoms with E-state index in [1.807, 2.05) is 25.1 Å². The molecule has 2 N–H and O–H groups in total. The van der Waals surface area contributed by atoms with Gasteiger partial charge in [0.2, 0.25) is 0 Å². The maximum absolute atomic E-state index is 14.9. The van der Waals surface area contributed by atoms with E-state index in [1.165, 1.54) is 31.4 Å². The van der Waals surface area contributed by atoms with Gasteiger partial charge in [-0.3, -0.25) is 9.47 Å². The van der Waals surface area contributed by atoms with Crippen molar-refractivity contribution >= 4 is 11.8 Å². The Morgan fingerprint density at radius 3 is 2.27 bits per heavy atom. The van der Waals surface area contributed by atoms with Gasteiger partial charge in [0.15, 0.2) is 16.7 Å². The van der Waals surface area contributed by atoms with Crippen LogP contribution in [0.2, 0.25) is 0 Å². The van der Waals surface area contributed by atoms with Crippen molar-refractivity contribution in [3.05, 3.63) is 101 Å². The summed E-state index contributed by atoms with van der Waals surface area (Å²) in [6.45, 7) is 0.473. The summed E-state index contributed by atoms with van der Waals surface area (Å²) in [6.07, 6.45) is 1.60. The first kappa shape index (κ1) is 29.1. The Morgan fingerprint density at radius 1 is 0.975 bits per heavy atom. The van der Waals surface area contributed by atoms with E-state index in [2.05, 4.69) is 16.8 Å². The minimum absolute atomic E-state index is 0.0354. The molecule has 0 fully saturated rings. The monoisotopic (exact) mass is 566 g/mol. The number of ether oxygens (including phenoxy) is 2. The fourth-order valence-corrected chi connectivity index (χ4v) is 5.00. The number of aromatic nitrogens is 2. The summed E-state index contributed by atoms with van der Waals surface area (Å²) in [4.78, 5) is 6.37.